The van der Waals surface area contributed by atoms with Crippen molar-refractivity contribution in [3.05, 3.63) is 58.1 Å². The predicted octanol–water partition coefficient (Wildman–Crippen LogP) is 3.30. The molecule has 10 nitrogen and oxygen atoms in total. The number of nitrogens with zero attached hydrogens (tertiary/aromatic N) is 2. The van der Waals surface area contributed by atoms with Gasteiger partial charge in [0.15, 0.2) is 12.7 Å². The molecule has 0 saturated heterocycles. The van der Waals surface area contributed by atoms with Crippen LogP contribution in [0.1, 0.15) is 18.9 Å². The van der Waals surface area contributed by atoms with Gasteiger partial charge in [-0.25, -0.2) is 0 Å². The lowest BCUT2D eigenvalue weighted by molar-refractivity contribution is -0.384. The summed E-state index contributed by atoms with van der Waals surface area (Å²) in [6.45, 7) is 0.684. The Morgan fingerprint density at radius 1 is 1.24 bits per heavy atom. The molecule has 180 valence electrons. The Morgan fingerprint density at radius 2 is 1.94 bits per heavy atom. The van der Waals surface area contributed by atoms with Crippen molar-refractivity contribution in [1.82, 2.24) is 0 Å². The van der Waals surface area contributed by atoms with E-state index in [0.29, 0.717) is 23.6 Å². The van der Waals surface area contributed by atoms with E-state index >= 15 is 0 Å². The smallest absolute Gasteiger partial charge is 0.416 e. The van der Waals surface area contributed by atoms with Crippen molar-refractivity contribution in [3.63, 3.8) is 0 Å². The van der Waals surface area contributed by atoms with Crippen molar-refractivity contribution in [2.24, 2.45) is 0 Å². The van der Waals surface area contributed by atoms with Crippen LogP contribution in [-0.2, 0) is 25.3 Å². The van der Waals surface area contributed by atoms with E-state index in [1.54, 1.807) is 31.2 Å². The number of carbonyl (C=O) groups excluding carboxylic acids is 3. The highest BCUT2D eigenvalue weighted by Gasteiger charge is 2.34. The zero-order valence-electron chi connectivity index (χ0n) is 17.6. The van der Waals surface area contributed by atoms with Crippen molar-refractivity contribution in [2.45, 2.75) is 25.6 Å². The van der Waals surface area contributed by atoms with Crippen LogP contribution in [-0.4, -0.2) is 42.0 Å². The molecule has 1 unspecified atom stereocenters. The molecule has 1 heterocycles. The molecule has 1 N–H and O–H groups in total. The van der Waals surface area contributed by atoms with Gasteiger partial charge in [0.1, 0.15) is 11.4 Å². The summed E-state index contributed by atoms with van der Waals surface area (Å²) in [5.74, 6) is -1.71. The fraction of sp³-hybridized carbons (Fsp3) is 0.286. The first kappa shape index (κ1) is 24.5. The van der Waals surface area contributed by atoms with E-state index in [0.717, 1.165) is 6.07 Å². The lowest BCUT2D eigenvalue weighted by Crippen LogP contribution is -2.45. The van der Waals surface area contributed by atoms with E-state index in [-0.39, 0.29) is 18.9 Å². The minimum absolute atomic E-state index is 0.0472. The third kappa shape index (κ3) is 5.60. The van der Waals surface area contributed by atoms with Gasteiger partial charge in [-0.15, -0.1) is 0 Å². The number of hydrogen-bond donors (Lipinski definition) is 1. The largest absolute Gasteiger partial charge is 0.479 e. The van der Waals surface area contributed by atoms with Gasteiger partial charge in [0.05, 0.1) is 22.6 Å². The van der Waals surface area contributed by atoms with E-state index in [1.165, 1.54) is 4.90 Å². The second-order valence-electron chi connectivity index (χ2n) is 7.16. The van der Waals surface area contributed by atoms with Gasteiger partial charge >= 0.3 is 12.1 Å². The monoisotopic (exact) mass is 481 g/mol. The molecule has 1 atom stereocenters. The third-order valence-corrected chi connectivity index (χ3v) is 4.77. The summed E-state index contributed by atoms with van der Waals surface area (Å²) in [6, 6.07) is 8.36. The SMILES string of the molecule is CC1Oc2ccccc2N(CCC(=O)OCC(=O)Nc2ccc(C(F)(F)F)cc2[N+](=O)[O-])C1=O. The van der Waals surface area contributed by atoms with Crippen molar-refractivity contribution in [1.29, 1.82) is 0 Å². The summed E-state index contributed by atoms with van der Waals surface area (Å²) < 4.78 is 48.6. The predicted molar refractivity (Wildman–Crippen MR) is 111 cm³/mol. The molecule has 13 heteroatoms. The van der Waals surface area contributed by atoms with Gasteiger partial charge in [0.25, 0.3) is 17.5 Å². The van der Waals surface area contributed by atoms with Gasteiger partial charge in [-0.05, 0) is 31.2 Å². The maximum atomic E-state index is 12.8. The van der Waals surface area contributed by atoms with Crippen LogP contribution in [0.3, 0.4) is 0 Å². The highest BCUT2D eigenvalue weighted by atomic mass is 19.4. The number of alkyl halides is 3. The highest BCUT2D eigenvalue weighted by molar-refractivity contribution is 6.00. The van der Waals surface area contributed by atoms with Crippen molar-refractivity contribution in [2.75, 3.05) is 23.4 Å². The van der Waals surface area contributed by atoms with Gasteiger partial charge < -0.3 is 19.7 Å². The van der Waals surface area contributed by atoms with Crippen LogP contribution < -0.4 is 15.0 Å². The number of hydrogen-bond acceptors (Lipinski definition) is 7. The Labute approximate surface area is 190 Å². The fourth-order valence-corrected chi connectivity index (χ4v) is 3.16. The normalized spacial score (nSPS) is 15.2. The highest BCUT2D eigenvalue weighted by Crippen LogP contribution is 2.35. The van der Waals surface area contributed by atoms with E-state index in [2.05, 4.69) is 5.32 Å². The zero-order chi connectivity index (χ0) is 25.0. The molecule has 1 aliphatic rings. The summed E-state index contributed by atoms with van der Waals surface area (Å²) in [5, 5.41) is 13.1. The fourth-order valence-electron chi connectivity index (χ4n) is 3.16. The summed E-state index contributed by atoms with van der Waals surface area (Å²) in [5.41, 5.74) is -2.22. The molecule has 2 aromatic carbocycles. The molecule has 2 aromatic rings. The van der Waals surface area contributed by atoms with E-state index in [9.17, 15) is 37.7 Å². The Bertz CT molecular complexity index is 1140. The molecule has 0 aliphatic carbocycles. The van der Waals surface area contributed by atoms with Crippen LogP contribution in [0.4, 0.5) is 30.2 Å². The minimum Gasteiger partial charge on any atom is -0.479 e. The number of rotatable bonds is 7. The van der Waals surface area contributed by atoms with Crippen molar-refractivity contribution < 1.29 is 42.0 Å². The maximum Gasteiger partial charge on any atom is 0.416 e. The summed E-state index contributed by atoms with van der Waals surface area (Å²) >= 11 is 0. The Kier molecular flexibility index (Phi) is 7.03. The zero-order valence-corrected chi connectivity index (χ0v) is 17.6. The first-order valence-electron chi connectivity index (χ1n) is 9.85. The number of anilines is 2. The molecule has 0 bridgehead atoms. The maximum absolute atomic E-state index is 12.8. The Morgan fingerprint density at radius 3 is 2.62 bits per heavy atom. The molecule has 3 rings (SSSR count). The molecule has 0 saturated carbocycles. The number of nitro groups is 1. The van der Waals surface area contributed by atoms with Crippen LogP contribution >= 0.6 is 0 Å². The molecule has 0 aromatic heterocycles. The summed E-state index contributed by atoms with van der Waals surface area (Å²) in [7, 11) is 0. The first-order valence-corrected chi connectivity index (χ1v) is 9.85. The molecular formula is C21H18F3N3O7. The molecule has 0 spiro atoms. The summed E-state index contributed by atoms with van der Waals surface area (Å²) in [4.78, 5) is 47.9. The average Bonchev–Trinajstić information content (AvgIpc) is 2.77. The van der Waals surface area contributed by atoms with Gasteiger partial charge in [-0.2, -0.15) is 13.2 Å². The number of nitrogens with one attached hydrogen (secondary N) is 1. The lowest BCUT2D eigenvalue weighted by atomic mass is 10.1. The van der Waals surface area contributed by atoms with Crippen molar-refractivity contribution >= 4 is 34.8 Å². The number of fused-ring (bicyclic) bond motifs is 1. The third-order valence-electron chi connectivity index (χ3n) is 4.77. The minimum atomic E-state index is -4.80. The summed E-state index contributed by atoms with van der Waals surface area (Å²) in [6.07, 6.45) is -5.82. The second-order valence-corrected chi connectivity index (χ2v) is 7.16. The van der Waals surface area contributed by atoms with E-state index < -0.39 is 52.6 Å². The topological polar surface area (TPSA) is 128 Å². The standard InChI is InChI=1S/C21H18F3N3O7/c1-12-20(30)26(15-4-2-3-5-17(15)34-12)9-8-19(29)33-11-18(28)25-14-7-6-13(21(22,23)24)10-16(14)27(31)32/h2-7,10,12H,8-9,11H2,1H3,(H,25,28). The Hall–Kier alpha value is -4.16. The van der Waals surface area contributed by atoms with Crippen LogP contribution in [0.2, 0.25) is 0 Å². The molecule has 0 radical (unpaired) electrons. The number of benzene rings is 2. The van der Waals surface area contributed by atoms with Gasteiger partial charge in [-0.3, -0.25) is 24.5 Å². The van der Waals surface area contributed by atoms with Gasteiger partial charge in [0, 0.05) is 12.6 Å². The molecule has 1 aliphatic heterocycles. The van der Waals surface area contributed by atoms with Gasteiger partial charge in [-0.1, -0.05) is 12.1 Å². The first-order chi connectivity index (χ1) is 16.0. The Balaban J connectivity index is 1.56. The average molecular weight is 481 g/mol. The quantitative estimate of drug-likeness (QED) is 0.365. The number of halogens is 3. The van der Waals surface area contributed by atoms with E-state index in [4.69, 9.17) is 9.47 Å². The molecule has 2 amide bonds. The van der Waals surface area contributed by atoms with E-state index in [1.807, 2.05) is 0 Å². The van der Waals surface area contributed by atoms with Crippen LogP contribution in [0, 0.1) is 10.1 Å². The second kappa shape index (κ2) is 9.77. The number of para-hydroxylation sites is 2. The number of ether oxygens (including phenoxy) is 2. The van der Waals surface area contributed by atoms with Crippen molar-refractivity contribution in [3.8, 4) is 5.75 Å². The number of esters is 1. The molecule has 0 fully saturated rings. The van der Waals surface area contributed by atoms with Crippen LogP contribution in [0.5, 0.6) is 5.75 Å². The van der Waals surface area contributed by atoms with Crippen LogP contribution in [0.25, 0.3) is 0 Å². The van der Waals surface area contributed by atoms with Gasteiger partial charge in [0.2, 0.25) is 0 Å². The number of amides is 2. The van der Waals surface area contributed by atoms with Crippen LogP contribution in [0.15, 0.2) is 42.5 Å². The molecule has 34 heavy (non-hydrogen) atoms. The molecular weight excluding hydrogens is 463 g/mol. The number of carbonyl (C=O) groups is 3. The lowest BCUT2D eigenvalue weighted by Gasteiger charge is -2.32. The number of nitro benzene ring substituents is 1.